The van der Waals surface area contributed by atoms with Crippen molar-refractivity contribution in [2.45, 2.75) is 32.4 Å². The summed E-state index contributed by atoms with van der Waals surface area (Å²) in [7, 11) is 1.22. The maximum absolute atomic E-state index is 13.0. The average Bonchev–Trinajstić information content (AvgIpc) is 3.05. The molecule has 27 heavy (non-hydrogen) atoms. The molecular formula is C21H20N2O4. The second-order valence-electron chi connectivity index (χ2n) is 6.85. The molecule has 1 aliphatic rings. The van der Waals surface area contributed by atoms with Gasteiger partial charge >= 0.3 is 5.97 Å². The molecule has 0 amide bonds. The number of pyridine rings is 2. The van der Waals surface area contributed by atoms with E-state index in [9.17, 15) is 14.7 Å². The molecule has 1 unspecified atom stereocenters. The molecule has 4 rings (SSSR count). The highest BCUT2D eigenvalue weighted by atomic mass is 16.5. The predicted molar refractivity (Wildman–Crippen MR) is 101 cm³/mol. The van der Waals surface area contributed by atoms with Gasteiger partial charge in [0.25, 0.3) is 5.56 Å². The van der Waals surface area contributed by atoms with Crippen LogP contribution in [0.1, 0.15) is 30.0 Å². The summed E-state index contributed by atoms with van der Waals surface area (Å²) in [6.45, 7) is 3.73. The van der Waals surface area contributed by atoms with E-state index in [1.165, 1.54) is 7.11 Å². The van der Waals surface area contributed by atoms with E-state index in [1.807, 2.05) is 30.3 Å². The lowest BCUT2D eigenvalue weighted by Crippen LogP contribution is -2.39. The van der Waals surface area contributed by atoms with Crippen molar-refractivity contribution >= 4 is 16.9 Å². The zero-order chi connectivity index (χ0) is 19.3. The lowest BCUT2D eigenvalue weighted by atomic mass is 9.88. The van der Waals surface area contributed by atoms with Gasteiger partial charge in [-0.25, -0.2) is 9.78 Å². The minimum absolute atomic E-state index is 0.0986. The topological polar surface area (TPSA) is 81.4 Å². The first-order chi connectivity index (χ1) is 12.9. The SMILES string of the molecule is CCC(O)(C(=O)OC)c1cc2n(c(=O)c1C)Cc1cc3ccccc3nc1-2. The number of methoxy groups -OCH3 is 1. The largest absolute Gasteiger partial charge is 0.467 e. The summed E-state index contributed by atoms with van der Waals surface area (Å²) in [6, 6.07) is 11.5. The van der Waals surface area contributed by atoms with Crippen molar-refractivity contribution in [1.29, 1.82) is 0 Å². The highest BCUT2D eigenvalue weighted by Crippen LogP contribution is 2.36. The number of esters is 1. The van der Waals surface area contributed by atoms with Gasteiger partial charge in [0, 0.05) is 22.1 Å². The normalized spacial score (nSPS) is 14.5. The van der Waals surface area contributed by atoms with Crippen LogP contribution in [0, 0.1) is 6.92 Å². The third kappa shape index (κ3) is 2.40. The summed E-state index contributed by atoms with van der Waals surface area (Å²) in [6.07, 6.45) is 0.0986. The third-order valence-corrected chi connectivity index (χ3v) is 5.40. The Hall–Kier alpha value is -2.99. The van der Waals surface area contributed by atoms with Crippen LogP contribution in [0.4, 0.5) is 0 Å². The monoisotopic (exact) mass is 364 g/mol. The Labute approximate surface area is 156 Å². The summed E-state index contributed by atoms with van der Waals surface area (Å²) in [4.78, 5) is 30.0. The Bertz CT molecular complexity index is 1150. The molecule has 3 aromatic rings. The maximum Gasteiger partial charge on any atom is 0.342 e. The molecule has 2 aromatic heterocycles. The molecule has 1 atom stereocenters. The number of rotatable bonds is 3. The second kappa shape index (κ2) is 6.03. The molecule has 1 aromatic carbocycles. The van der Waals surface area contributed by atoms with Crippen LogP contribution >= 0.6 is 0 Å². The first kappa shape index (κ1) is 17.4. The quantitative estimate of drug-likeness (QED) is 0.565. The van der Waals surface area contributed by atoms with E-state index >= 15 is 0 Å². The number of hydrogen-bond donors (Lipinski definition) is 1. The van der Waals surface area contributed by atoms with Crippen molar-refractivity contribution in [3.05, 3.63) is 63.4 Å². The van der Waals surface area contributed by atoms with Gasteiger partial charge in [-0.15, -0.1) is 0 Å². The lowest BCUT2D eigenvalue weighted by Gasteiger charge is -2.26. The molecule has 0 bridgehead atoms. The van der Waals surface area contributed by atoms with Gasteiger partial charge in [-0.05, 0) is 31.5 Å². The van der Waals surface area contributed by atoms with E-state index in [4.69, 9.17) is 9.72 Å². The van der Waals surface area contributed by atoms with Gasteiger partial charge in [0.05, 0.1) is 30.6 Å². The minimum atomic E-state index is -1.87. The fourth-order valence-electron chi connectivity index (χ4n) is 3.82. The molecule has 0 saturated carbocycles. The van der Waals surface area contributed by atoms with Gasteiger partial charge in [-0.2, -0.15) is 0 Å². The van der Waals surface area contributed by atoms with Crippen molar-refractivity contribution in [3.8, 4) is 11.4 Å². The van der Waals surface area contributed by atoms with Crippen LogP contribution in [-0.4, -0.2) is 27.7 Å². The Morgan fingerprint density at radius 3 is 2.78 bits per heavy atom. The maximum atomic E-state index is 13.0. The van der Waals surface area contributed by atoms with E-state index in [0.717, 1.165) is 16.5 Å². The van der Waals surface area contributed by atoms with Crippen LogP contribution in [0.15, 0.2) is 41.2 Å². The molecule has 1 N–H and O–H groups in total. The molecule has 0 radical (unpaired) electrons. The molecule has 1 aliphatic heterocycles. The summed E-state index contributed by atoms with van der Waals surface area (Å²) in [5.74, 6) is -0.776. The first-order valence-corrected chi connectivity index (χ1v) is 8.85. The average molecular weight is 364 g/mol. The fourth-order valence-corrected chi connectivity index (χ4v) is 3.82. The van der Waals surface area contributed by atoms with Gasteiger partial charge in [-0.3, -0.25) is 4.79 Å². The molecule has 138 valence electrons. The van der Waals surface area contributed by atoms with Crippen LogP contribution < -0.4 is 5.56 Å². The van der Waals surface area contributed by atoms with Gasteiger partial charge in [0.15, 0.2) is 5.60 Å². The number of carbonyl (C=O) groups is 1. The van der Waals surface area contributed by atoms with E-state index in [2.05, 4.69) is 0 Å². The Balaban J connectivity index is 2.00. The van der Waals surface area contributed by atoms with Crippen LogP contribution in [0.5, 0.6) is 0 Å². The van der Waals surface area contributed by atoms with Gasteiger partial charge in [0.1, 0.15) is 0 Å². The minimum Gasteiger partial charge on any atom is -0.467 e. The summed E-state index contributed by atoms with van der Waals surface area (Å²) < 4.78 is 6.43. The molecule has 0 saturated heterocycles. The number of benzene rings is 1. The summed E-state index contributed by atoms with van der Waals surface area (Å²) in [5, 5.41) is 12.0. The van der Waals surface area contributed by atoms with Crippen LogP contribution in [0.2, 0.25) is 0 Å². The van der Waals surface area contributed by atoms with Crippen molar-refractivity contribution in [2.24, 2.45) is 0 Å². The Morgan fingerprint density at radius 1 is 1.33 bits per heavy atom. The lowest BCUT2D eigenvalue weighted by molar-refractivity contribution is -0.164. The zero-order valence-electron chi connectivity index (χ0n) is 15.4. The third-order valence-electron chi connectivity index (χ3n) is 5.40. The highest BCUT2D eigenvalue weighted by molar-refractivity contribution is 5.85. The van der Waals surface area contributed by atoms with E-state index in [0.29, 0.717) is 23.5 Å². The number of aromatic nitrogens is 2. The summed E-state index contributed by atoms with van der Waals surface area (Å²) >= 11 is 0. The van der Waals surface area contributed by atoms with E-state index in [1.54, 1.807) is 24.5 Å². The molecule has 0 spiro atoms. The smallest absolute Gasteiger partial charge is 0.342 e. The number of nitrogens with zero attached hydrogens (tertiary/aromatic N) is 2. The van der Waals surface area contributed by atoms with Crippen LogP contribution in [0.25, 0.3) is 22.3 Å². The first-order valence-electron chi connectivity index (χ1n) is 8.85. The van der Waals surface area contributed by atoms with E-state index in [-0.39, 0.29) is 17.5 Å². The number of fused-ring (bicyclic) bond motifs is 4. The van der Waals surface area contributed by atoms with E-state index < -0.39 is 11.6 Å². The van der Waals surface area contributed by atoms with Crippen LogP contribution in [0.3, 0.4) is 0 Å². The molecule has 6 nitrogen and oxygen atoms in total. The number of aliphatic hydroxyl groups is 1. The van der Waals surface area contributed by atoms with Crippen molar-refractivity contribution in [3.63, 3.8) is 0 Å². The van der Waals surface area contributed by atoms with Crippen molar-refractivity contribution < 1.29 is 14.6 Å². The van der Waals surface area contributed by atoms with Gasteiger partial charge < -0.3 is 14.4 Å². The number of para-hydroxylation sites is 1. The van der Waals surface area contributed by atoms with Crippen LogP contribution in [-0.2, 0) is 21.7 Å². The highest BCUT2D eigenvalue weighted by Gasteiger charge is 2.40. The standard InChI is InChI=1S/C21H20N2O4/c1-4-21(26,20(25)27-3)15-10-17-18-14(11-23(17)19(24)12(15)2)9-13-7-5-6-8-16(13)22-18/h5-10,26H,4,11H2,1-3H3. The van der Waals surface area contributed by atoms with Crippen molar-refractivity contribution in [1.82, 2.24) is 9.55 Å². The number of hydrogen-bond acceptors (Lipinski definition) is 5. The molecular weight excluding hydrogens is 344 g/mol. The molecule has 6 heteroatoms. The number of ether oxygens (including phenoxy) is 1. The predicted octanol–water partition coefficient (Wildman–Crippen LogP) is 2.50. The van der Waals surface area contributed by atoms with Crippen molar-refractivity contribution in [2.75, 3.05) is 7.11 Å². The second-order valence-corrected chi connectivity index (χ2v) is 6.85. The number of carbonyl (C=O) groups excluding carboxylic acids is 1. The summed E-state index contributed by atoms with van der Waals surface area (Å²) in [5.41, 5.74) is 1.60. The molecule has 0 aliphatic carbocycles. The Morgan fingerprint density at radius 2 is 2.07 bits per heavy atom. The Kier molecular flexibility index (Phi) is 3.89. The van der Waals surface area contributed by atoms with Gasteiger partial charge in [0.2, 0.25) is 0 Å². The molecule has 0 fully saturated rings. The molecule has 3 heterocycles. The van der Waals surface area contributed by atoms with Gasteiger partial charge in [-0.1, -0.05) is 25.1 Å². The fraction of sp³-hybridized carbons (Fsp3) is 0.286. The zero-order valence-corrected chi connectivity index (χ0v) is 15.4.